The number of nitrogens with zero attached hydrogens (tertiary/aromatic N) is 4. The molecule has 2 heterocycles. The van der Waals surface area contributed by atoms with Crippen molar-refractivity contribution in [3.63, 3.8) is 0 Å². The largest absolute Gasteiger partial charge is 0.382 e. The number of rotatable bonds is 3. The number of hydrogen-bond acceptors (Lipinski definition) is 4. The molecule has 126 valence electrons. The molecule has 0 aliphatic carbocycles. The third-order valence-corrected chi connectivity index (χ3v) is 4.38. The number of anilines is 1. The summed E-state index contributed by atoms with van der Waals surface area (Å²) in [5.41, 5.74) is 11.3. The molecule has 5 heteroatoms. The summed E-state index contributed by atoms with van der Waals surface area (Å²) in [6, 6.07) is 6.51. The lowest BCUT2D eigenvalue weighted by Crippen LogP contribution is -2.09. The molecule has 0 saturated carbocycles. The summed E-state index contributed by atoms with van der Waals surface area (Å²) in [4.78, 5) is 13.5. The zero-order chi connectivity index (χ0) is 17.6. The number of aromatic nitrogens is 4. The standard InChI is InChI=1S/C19H25N5/c1-10(2)14-8-7-9-15(11(3)4)17(14)24-13(6)23-16-18(20)21-12(5)22-19(16)24/h7-11H,1-6H3,(H2,20,21,22). The normalized spacial score (nSPS) is 11.8. The highest BCUT2D eigenvalue weighted by molar-refractivity contribution is 5.84. The Morgan fingerprint density at radius 3 is 2.04 bits per heavy atom. The molecular formula is C19H25N5. The average Bonchev–Trinajstić information content (AvgIpc) is 2.82. The van der Waals surface area contributed by atoms with Crippen molar-refractivity contribution in [3.05, 3.63) is 41.0 Å². The molecule has 0 atom stereocenters. The summed E-state index contributed by atoms with van der Waals surface area (Å²) in [5.74, 6) is 2.78. The molecule has 24 heavy (non-hydrogen) atoms. The predicted molar refractivity (Wildman–Crippen MR) is 98.7 cm³/mol. The molecule has 1 aromatic carbocycles. The van der Waals surface area contributed by atoms with Crippen LogP contribution >= 0.6 is 0 Å². The van der Waals surface area contributed by atoms with Crippen molar-refractivity contribution in [2.24, 2.45) is 0 Å². The van der Waals surface area contributed by atoms with Gasteiger partial charge in [0.25, 0.3) is 0 Å². The van der Waals surface area contributed by atoms with Crippen molar-refractivity contribution in [3.8, 4) is 5.69 Å². The molecule has 0 amide bonds. The fourth-order valence-corrected chi connectivity index (χ4v) is 3.24. The molecule has 0 bridgehead atoms. The average molecular weight is 323 g/mol. The van der Waals surface area contributed by atoms with Crippen LogP contribution in [-0.2, 0) is 0 Å². The molecule has 2 aromatic heterocycles. The van der Waals surface area contributed by atoms with E-state index in [2.05, 4.69) is 65.4 Å². The van der Waals surface area contributed by atoms with Crippen LogP contribution in [0.4, 0.5) is 5.82 Å². The molecule has 3 aromatic rings. The lowest BCUT2D eigenvalue weighted by atomic mass is 9.92. The minimum atomic E-state index is 0.399. The van der Waals surface area contributed by atoms with E-state index in [9.17, 15) is 0 Å². The van der Waals surface area contributed by atoms with E-state index in [0.29, 0.717) is 29.0 Å². The van der Waals surface area contributed by atoms with Gasteiger partial charge in [-0.3, -0.25) is 4.57 Å². The van der Waals surface area contributed by atoms with Gasteiger partial charge in [0, 0.05) is 0 Å². The summed E-state index contributed by atoms with van der Waals surface area (Å²) in [7, 11) is 0. The quantitative estimate of drug-likeness (QED) is 0.782. The Labute approximate surface area is 143 Å². The molecule has 3 rings (SSSR count). The second-order valence-electron chi connectivity index (χ2n) is 6.92. The summed E-state index contributed by atoms with van der Waals surface area (Å²) in [6.45, 7) is 12.7. The van der Waals surface area contributed by atoms with Crippen LogP contribution in [0.2, 0.25) is 0 Å². The van der Waals surface area contributed by atoms with Crippen LogP contribution in [-0.4, -0.2) is 19.5 Å². The van der Waals surface area contributed by atoms with Crippen LogP contribution in [0.15, 0.2) is 18.2 Å². The van der Waals surface area contributed by atoms with E-state index in [1.54, 1.807) is 0 Å². The van der Waals surface area contributed by atoms with Gasteiger partial charge in [-0.1, -0.05) is 45.9 Å². The molecule has 0 fully saturated rings. The number of nitrogens with two attached hydrogens (primary N) is 1. The van der Waals surface area contributed by atoms with E-state index in [1.807, 2.05) is 13.8 Å². The molecule has 0 unspecified atom stereocenters. The SMILES string of the molecule is Cc1nc(N)c2nc(C)n(-c3c(C(C)C)cccc3C(C)C)c2n1. The van der Waals surface area contributed by atoms with Crippen molar-refractivity contribution in [2.45, 2.75) is 53.4 Å². The van der Waals surface area contributed by atoms with Crippen LogP contribution < -0.4 is 5.73 Å². The lowest BCUT2D eigenvalue weighted by molar-refractivity contribution is 0.800. The van der Waals surface area contributed by atoms with Crippen LogP contribution in [0.25, 0.3) is 16.9 Å². The summed E-state index contributed by atoms with van der Waals surface area (Å²) in [5, 5.41) is 0. The number of hydrogen-bond donors (Lipinski definition) is 1. The molecule has 0 radical (unpaired) electrons. The zero-order valence-electron chi connectivity index (χ0n) is 15.3. The summed E-state index contributed by atoms with van der Waals surface area (Å²) < 4.78 is 2.14. The van der Waals surface area contributed by atoms with Gasteiger partial charge in [0.1, 0.15) is 11.6 Å². The molecule has 0 spiro atoms. The van der Waals surface area contributed by atoms with E-state index in [0.717, 1.165) is 11.5 Å². The Hall–Kier alpha value is -2.43. The topological polar surface area (TPSA) is 69.6 Å². The van der Waals surface area contributed by atoms with Crippen molar-refractivity contribution >= 4 is 17.0 Å². The van der Waals surface area contributed by atoms with Crippen LogP contribution in [0.5, 0.6) is 0 Å². The Balaban J connectivity index is 2.46. The number of nitrogen functional groups attached to an aromatic ring is 1. The Bertz CT molecular complexity index is 880. The van der Waals surface area contributed by atoms with Gasteiger partial charge in [-0.2, -0.15) is 0 Å². The van der Waals surface area contributed by atoms with E-state index in [1.165, 1.54) is 16.8 Å². The van der Waals surface area contributed by atoms with Crippen molar-refractivity contribution < 1.29 is 0 Å². The molecule has 0 aliphatic heterocycles. The smallest absolute Gasteiger partial charge is 0.170 e. The maximum atomic E-state index is 6.09. The Morgan fingerprint density at radius 1 is 0.917 bits per heavy atom. The third-order valence-electron chi connectivity index (χ3n) is 4.38. The van der Waals surface area contributed by atoms with Gasteiger partial charge < -0.3 is 5.73 Å². The Kier molecular flexibility index (Phi) is 4.03. The molecular weight excluding hydrogens is 298 g/mol. The highest BCUT2D eigenvalue weighted by atomic mass is 15.2. The molecule has 5 nitrogen and oxygen atoms in total. The fourth-order valence-electron chi connectivity index (χ4n) is 3.24. The summed E-state index contributed by atoms with van der Waals surface area (Å²) in [6.07, 6.45) is 0. The number of imidazole rings is 1. The first-order valence-corrected chi connectivity index (χ1v) is 8.43. The maximum absolute atomic E-state index is 6.09. The first-order chi connectivity index (χ1) is 11.3. The highest BCUT2D eigenvalue weighted by Gasteiger charge is 2.21. The first kappa shape index (κ1) is 16.4. The molecule has 0 aliphatic rings. The van der Waals surface area contributed by atoms with Gasteiger partial charge in [-0.15, -0.1) is 0 Å². The van der Waals surface area contributed by atoms with E-state index < -0.39 is 0 Å². The van der Waals surface area contributed by atoms with E-state index in [-0.39, 0.29) is 0 Å². The van der Waals surface area contributed by atoms with Crippen molar-refractivity contribution in [1.82, 2.24) is 19.5 Å². The van der Waals surface area contributed by atoms with E-state index >= 15 is 0 Å². The van der Waals surface area contributed by atoms with Gasteiger partial charge in [0.05, 0.1) is 5.69 Å². The number of aryl methyl sites for hydroxylation is 2. The van der Waals surface area contributed by atoms with Crippen LogP contribution in [0.3, 0.4) is 0 Å². The van der Waals surface area contributed by atoms with Crippen molar-refractivity contribution in [1.29, 1.82) is 0 Å². The second kappa shape index (κ2) is 5.89. The fraction of sp³-hybridized carbons (Fsp3) is 0.421. The maximum Gasteiger partial charge on any atom is 0.170 e. The number of fused-ring (bicyclic) bond motifs is 1. The van der Waals surface area contributed by atoms with E-state index in [4.69, 9.17) is 5.73 Å². The molecule has 2 N–H and O–H groups in total. The monoisotopic (exact) mass is 323 g/mol. The Morgan fingerprint density at radius 2 is 1.50 bits per heavy atom. The minimum absolute atomic E-state index is 0.399. The predicted octanol–water partition coefficient (Wildman–Crippen LogP) is 4.26. The van der Waals surface area contributed by atoms with Gasteiger partial charge in [0.15, 0.2) is 17.0 Å². The van der Waals surface area contributed by atoms with Gasteiger partial charge >= 0.3 is 0 Å². The third kappa shape index (κ3) is 2.54. The van der Waals surface area contributed by atoms with Gasteiger partial charge in [-0.25, -0.2) is 15.0 Å². The van der Waals surface area contributed by atoms with Crippen LogP contribution in [0, 0.1) is 13.8 Å². The zero-order valence-corrected chi connectivity index (χ0v) is 15.3. The summed E-state index contributed by atoms with van der Waals surface area (Å²) >= 11 is 0. The number of benzene rings is 1. The lowest BCUT2D eigenvalue weighted by Gasteiger charge is -2.21. The molecule has 0 saturated heterocycles. The van der Waals surface area contributed by atoms with Crippen molar-refractivity contribution in [2.75, 3.05) is 5.73 Å². The second-order valence-corrected chi connectivity index (χ2v) is 6.92. The van der Waals surface area contributed by atoms with Gasteiger partial charge in [0.2, 0.25) is 0 Å². The van der Waals surface area contributed by atoms with Crippen LogP contribution in [0.1, 0.15) is 62.3 Å². The van der Waals surface area contributed by atoms with Gasteiger partial charge in [-0.05, 0) is 36.8 Å². The minimum Gasteiger partial charge on any atom is -0.382 e. The number of para-hydroxylation sites is 1. The first-order valence-electron chi connectivity index (χ1n) is 8.43. The highest BCUT2D eigenvalue weighted by Crippen LogP contribution is 2.34.